The highest BCUT2D eigenvalue weighted by molar-refractivity contribution is 7.14. The zero-order chi connectivity index (χ0) is 21.8. The Balaban J connectivity index is 1.51. The van der Waals surface area contributed by atoms with Crippen molar-refractivity contribution in [2.45, 2.75) is 12.7 Å². The number of nitrogens with zero attached hydrogens (tertiary/aromatic N) is 7. The van der Waals surface area contributed by atoms with Gasteiger partial charge in [-0.05, 0) is 18.2 Å². The lowest BCUT2D eigenvalue weighted by Gasteiger charge is -2.08. The first-order valence-corrected chi connectivity index (χ1v) is 9.52. The molecule has 0 spiro atoms. The van der Waals surface area contributed by atoms with Crippen molar-refractivity contribution in [1.29, 1.82) is 0 Å². The van der Waals surface area contributed by atoms with Crippen LogP contribution in [0.25, 0.3) is 21.8 Å². The van der Waals surface area contributed by atoms with Gasteiger partial charge >= 0.3 is 12.2 Å². The molecule has 0 unspecified atom stereocenters. The molecule has 4 aromatic heterocycles. The first kappa shape index (κ1) is 20.5. The van der Waals surface area contributed by atoms with Gasteiger partial charge in [0.2, 0.25) is 0 Å². The lowest BCUT2D eigenvalue weighted by atomic mass is 10.2. The molecule has 0 atom stereocenters. The number of hydrogen-bond acceptors (Lipinski definition) is 9. The van der Waals surface area contributed by atoms with Crippen LogP contribution in [-0.4, -0.2) is 47.7 Å². The van der Waals surface area contributed by atoms with Gasteiger partial charge in [0.1, 0.15) is 10.0 Å². The van der Waals surface area contributed by atoms with E-state index in [0.29, 0.717) is 21.3 Å². The number of hydrogen-bond donors (Lipinski definition) is 0. The maximum absolute atomic E-state index is 12.2. The summed E-state index contributed by atoms with van der Waals surface area (Å²) >= 11 is 1.32. The van der Waals surface area contributed by atoms with Crippen LogP contribution in [0.1, 0.15) is 5.01 Å². The van der Waals surface area contributed by atoms with Crippen LogP contribution in [0.3, 0.4) is 0 Å². The maximum Gasteiger partial charge on any atom is 0.422 e. The molecule has 4 rings (SSSR count). The van der Waals surface area contributed by atoms with Crippen LogP contribution in [0.4, 0.5) is 13.2 Å². The highest BCUT2D eigenvalue weighted by Gasteiger charge is 2.28. The summed E-state index contributed by atoms with van der Waals surface area (Å²) < 4.78 is 42.3. The van der Waals surface area contributed by atoms with E-state index in [1.165, 1.54) is 40.5 Å². The SMILES string of the molecule is O=c1ccc(-c2cnc(OCC(F)(F)F)nc2)nn1Cc1nnc(-c2ccncc2)s1. The van der Waals surface area contributed by atoms with Crippen molar-refractivity contribution in [2.24, 2.45) is 0 Å². The van der Waals surface area contributed by atoms with Gasteiger partial charge in [0.05, 0.1) is 12.2 Å². The van der Waals surface area contributed by atoms with Crippen molar-refractivity contribution in [2.75, 3.05) is 6.61 Å². The van der Waals surface area contributed by atoms with Crippen molar-refractivity contribution >= 4 is 11.3 Å². The molecule has 0 saturated carbocycles. The Morgan fingerprint density at radius 3 is 2.45 bits per heavy atom. The third-order valence-corrected chi connectivity index (χ3v) is 4.79. The van der Waals surface area contributed by atoms with E-state index in [2.05, 4.69) is 35.0 Å². The zero-order valence-corrected chi connectivity index (χ0v) is 16.3. The molecule has 0 saturated heterocycles. The maximum atomic E-state index is 12.2. The predicted molar refractivity (Wildman–Crippen MR) is 103 cm³/mol. The molecule has 0 fully saturated rings. The second-order valence-electron chi connectivity index (χ2n) is 6.11. The summed E-state index contributed by atoms with van der Waals surface area (Å²) in [5, 5.41) is 13.7. The summed E-state index contributed by atoms with van der Waals surface area (Å²) in [5.74, 6) is 0. The Bertz CT molecular complexity index is 1230. The van der Waals surface area contributed by atoms with Crippen LogP contribution in [0.5, 0.6) is 6.01 Å². The largest absolute Gasteiger partial charge is 0.454 e. The molecule has 0 N–H and O–H groups in total. The average molecular weight is 447 g/mol. The number of ether oxygens (including phenoxy) is 1. The van der Waals surface area contributed by atoms with Crippen LogP contribution >= 0.6 is 11.3 Å². The summed E-state index contributed by atoms with van der Waals surface area (Å²) in [4.78, 5) is 23.7. The van der Waals surface area contributed by atoms with Gasteiger partial charge in [-0.1, -0.05) is 11.3 Å². The van der Waals surface area contributed by atoms with E-state index < -0.39 is 18.8 Å². The molecule has 0 aliphatic rings. The van der Waals surface area contributed by atoms with Crippen molar-refractivity contribution in [3.8, 4) is 27.8 Å². The van der Waals surface area contributed by atoms with Crippen molar-refractivity contribution in [1.82, 2.24) is 34.9 Å². The summed E-state index contributed by atoms with van der Waals surface area (Å²) in [6.07, 6.45) is 1.34. The Labute approximate surface area is 176 Å². The van der Waals surface area contributed by atoms with E-state index in [0.717, 1.165) is 5.56 Å². The van der Waals surface area contributed by atoms with E-state index in [1.807, 2.05) is 0 Å². The minimum absolute atomic E-state index is 0.100. The molecule has 31 heavy (non-hydrogen) atoms. The van der Waals surface area contributed by atoms with Crippen molar-refractivity contribution in [3.63, 3.8) is 0 Å². The van der Waals surface area contributed by atoms with Crippen molar-refractivity contribution < 1.29 is 17.9 Å². The van der Waals surface area contributed by atoms with Gasteiger partial charge in [0.25, 0.3) is 5.56 Å². The van der Waals surface area contributed by atoms with Gasteiger partial charge in [-0.2, -0.15) is 18.3 Å². The minimum Gasteiger partial charge on any atom is -0.454 e. The topological polar surface area (TPSA) is 109 Å². The molecule has 9 nitrogen and oxygen atoms in total. The van der Waals surface area contributed by atoms with E-state index in [1.54, 1.807) is 24.5 Å². The van der Waals surface area contributed by atoms with Gasteiger partial charge in [0, 0.05) is 42.0 Å². The second-order valence-corrected chi connectivity index (χ2v) is 7.17. The molecule has 0 aliphatic carbocycles. The molecule has 0 amide bonds. The summed E-state index contributed by atoms with van der Waals surface area (Å²) in [6.45, 7) is -1.39. The molecule has 0 aliphatic heterocycles. The molecule has 158 valence electrons. The van der Waals surface area contributed by atoms with E-state index >= 15 is 0 Å². The Morgan fingerprint density at radius 1 is 1.00 bits per heavy atom. The standard InChI is InChI=1S/C18H12F3N7O2S/c19-18(20,21)10-30-17-23-7-12(8-24-17)13-1-2-15(29)28(27-13)9-14-25-26-16(31-14)11-3-5-22-6-4-11/h1-8H,9-10H2. The highest BCUT2D eigenvalue weighted by Crippen LogP contribution is 2.23. The van der Waals surface area contributed by atoms with Gasteiger partial charge in [-0.25, -0.2) is 14.6 Å². The molecule has 4 aromatic rings. The fourth-order valence-electron chi connectivity index (χ4n) is 2.44. The third kappa shape index (κ3) is 5.25. The number of alkyl halides is 3. The number of aromatic nitrogens is 7. The van der Waals surface area contributed by atoms with Crippen LogP contribution in [0, 0.1) is 0 Å². The normalized spacial score (nSPS) is 11.5. The summed E-state index contributed by atoms with van der Waals surface area (Å²) in [7, 11) is 0. The van der Waals surface area contributed by atoms with Gasteiger partial charge in [0.15, 0.2) is 6.61 Å². The average Bonchev–Trinajstić information content (AvgIpc) is 3.23. The summed E-state index contributed by atoms with van der Waals surface area (Å²) in [6, 6.07) is 5.98. The fraction of sp³-hybridized carbons (Fsp3) is 0.167. The Hall–Kier alpha value is -3.74. The van der Waals surface area contributed by atoms with Crippen molar-refractivity contribution in [3.05, 3.63) is 64.4 Å². The van der Waals surface area contributed by atoms with Crippen LogP contribution in [-0.2, 0) is 6.54 Å². The molecular weight excluding hydrogens is 435 g/mol. The number of pyridine rings is 1. The smallest absolute Gasteiger partial charge is 0.422 e. The quantitative estimate of drug-likeness (QED) is 0.444. The molecule has 0 bridgehead atoms. The second kappa shape index (κ2) is 8.55. The minimum atomic E-state index is -4.49. The lowest BCUT2D eigenvalue weighted by Crippen LogP contribution is -2.22. The monoisotopic (exact) mass is 447 g/mol. The third-order valence-electron chi connectivity index (χ3n) is 3.83. The predicted octanol–water partition coefficient (Wildman–Crippen LogP) is 2.60. The first-order valence-electron chi connectivity index (χ1n) is 8.70. The molecule has 4 heterocycles. The van der Waals surface area contributed by atoms with Crippen LogP contribution in [0.2, 0.25) is 0 Å². The molecular formula is C18H12F3N7O2S. The van der Waals surface area contributed by atoms with E-state index in [-0.39, 0.29) is 12.1 Å². The van der Waals surface area contributed by atoms with Crippen LogP contribution < -0.4 is 10.3 Å². The molecule has 13 heteroatoms. The van der Waals surface area contributed by atoms with Gasteiger partial charge in [-0.15, -0.1) is 10.2 Å². The Kier molecular flexibility index (Phi) is 5.66. The zero-order valence-electron chi connectivity index (χ0n) is 15.5. The fourth-order valence-corrected chi connectivity index (χ4v) is 3.27. The molecule has 0 aromatic carbocycles. The highest BCUT2D eigenvalue weighted by atomic mass is 32.1. The van der Waals surface area contributed by atoms with Gasteiger partial charge in [-0.3, -0.25) is 9.78 Å². The molecule has 0 radical (unpaired) electrons. The van der Waals surface area contributed by atoms with Gasteiger partial charge < -0.3 is 4.74 Å². The first-order chi connectivity index (χ1) is 14.9. The number of halogens is 3. The Morgan fingerprint density at radius 2 is 1.74 bits per heavy atom. The summed E-state index contributed by atoms with van der Waals surface area (Å²) in [5.41, 5.74) is 1.27. The van der Waals surface area contributed by atoms with E-state index in [4.69, 9.17) is 0 Å². The van der Waals surface area contributed by atoms with E-state index in [9.17, 15) is 18.0 Å². The lowest BCUT2D eigenvalue weighted by molar-refractivity contribution is -0.154. The number of rotatable bonds is 6. The van der Waals surface area contributed by atoms with Crippen LogP contribution in [0.15, 0.2) is 53.8 Å².